The number of ether oxygens (including phenoxy) is 2. The number of hydrogen-bond acceptors (Lipinski definition) is 11. The molecule has 0 saturated carbocycles. The number of benzene rings is 1. The predicted molar refractivity (Wildman–Crippen MR) is 99.6 cm³/mol. The molecule has 2 aromatic rings. The van der Waals surface area contributed by atoms with Crippen molar-refractivity contribution in [2.75, 3.05) is 5.73 Å². The third-order valence-electron chi connectivity index (χ3n) is 3.15. The second-order valence-corrected chi connectivity index (χ2v) is 6.27. The molecular weight excluding hydrogens is 406 g/mol. The number of carbonyl (C=O) groups excluding carboxylic acids is 3. The van der Waals surface area contributed by atoms with E-state index in [1.165, 1.54) is 17.5 Å². The van der Waals surface area contributed by atoms with Gasteiger partial charge >= 0.3 is 17.9 Å². The van der Waals surface area contributed by atoms with Gasteiger partial charge in [0.2, 0.25) is 6.10 Å². The lowest BCUT2D eigenvalue weighted by Crippen LogP contribution is -2.16. The molecule has 2 rings (SSSR count). The molecule has 12 heteroatoms. The van der Waals surface area contributed by atoms with Crippen molar-refractivity contribution in [3.63, 3.8) is 0 Å². The third-order valence-corrected chi connectivity index (χ3v) is 3.83. The predicted octanol–water partition coefficient (Wildman–Crippen LogP) is 1.32. The summed E-state index contributed by atoms with van der Waals surface area (Å²) in [5, 5.41) is 14.7. The molecule has 29 heavy (non-hydrogen) atoms. The fourth-order valence-electron chi connectivity index (χ4n) is 2.05. The molecule has 1 unspecified atom stereocenters. The van der Waals surface area contributed by atoms with Crippen LogP contribution in [0.3, 0.4) is 0 Å². The Balaban J connectivity index is 2.37. The normalized spacial score (nSPS) is 12.0. The highest BCUT2D eigenvalue weighted by Gasteiger charge is 2.25. The van der Waals surface area contributed by atoms with Crippen molar-refractivity contribution in [3.05, 3.63) is 34.8 Å². The summed E-state index contributed by atoms with van der Waals surface area (Å²) in [6.07, 6.45) is -1.33. The fourth-order valence-corrected chi connectivity index (χ4v) is 2.61. The van der Waals surface area contributed by atoms with E-state index in [-0.39, 0.29) is 33.6 Å². The molecule has 0 radical (unpaired) electrons. The van der Waals surface area contributed by atoms with Crippen LogP contribution >= 0.6 is 11.3 Å². The number of nitrogens with zero attached hydrogens (tertiary/aromatic N) is 2. The zero-order valence-corrected chi connectivity index (χ0v) is 16.0. The van der Waals surface area contributed by atoms with Crippen LogP contribution in [0.2, 0.25) is 0 Å². The van der Waals surface area contributed by atoms with Gasteiger partial charge in [-0.15, -0.1) is 11.3 Å². The van der Waals surface area contributed by atoms with E-state index in [0.29, 0.717) is 6.29 Å². The van der Waals surface area contributed by atoms with Gasteiger partial charge in [-0.3, -0.25) is 14.4 Å². The van der Waals surface area contributed by atoms with Crippen molar-refractivity contribution >= 4 is 46.4 Å². The number of carboxylic acids is 1. The fraction of sp³-hybridized carbons (Fsp3) is 0.176. The molecule has 0 bridgehead atoms. The van der Waals surface area contributed by atoms with Crippen LogP contribution in [0.1, 0.15) is 31.2 Å². The van der Waals surface area contributed by atoms with E-state index in [9.17, 15) is 24.3 Å². The van der Waals surface area contributed by atoms with Crippen molar-refractivity contribution in [1.29, 1.82) is 0 Å². The van der Waals surface area contributed by atoms with Gasteiger partial charge in [0.25, 0.3) is 0 Å². The monoisotopic (exact) mass is 421 g/mol. The van der Waals surface area contributed by atoms with Crippen molar-refractivity contribution < 1.29 is 38.6 Å². The summed E-state index contributed by atoms with van der Waals surface area (Å²) in [6.45, 7) is 2.27. The molecular formula is C17H15N3O8S. The average Bonchev–Trinajstić information content (AvgIpc) is 3.05. The number of aliphatic carboxylic acids is 1. The summed E-state index contributed by atoms with van der Waals surface area (Å²) >= 11 is 1.06. The van der Waals surface area contributed by atoms with Crippen molar-refractivity contribution in [3.8, 4) is 11.5 Å². The van der Waals surface area contributed by atoms with Crippen LogP contribution in [0.5, 0.6) is 11.5 Å². The lowest BCUT2D eigenvalue weighted by molar-refractivity contribution is -0.151. The summed E-state index contributed by atoms with van der Waals surface area (Å²) in [7, 11) is 0. The van der Waals surface area contributed by atoms with E-state index in [0.717, 1.165) is 31.3 Å². The van der Waals surface area contributed by atoms with Crippen molar-refractivity contribution in [1.82, 2.24) is 4.98 Å². The van der Waals surface area contributed by atoms with Crippen LogP contribution in [0.25, 0.3) is 0 Å². The Kier molecular flexibility index (Phi) is 6.98. The topological polar surface area (TPSA) is 167 Å². The first-order chi connectivity index (χ1) is 13.7. The zero-order valence-electron chi connectivity index (χ0n) is 15.1. The van der Waals surface area contributed by atoms with Gasteiger partial charge in [-0.1, -0.05) is 11.2 Å². The molecule has 152 valence electrons. The lowest BCUT2D eigenvalue weighted by atomic mass is 10.1. The Morgan fingerprint density at radius 2 is 1.86 bits per heavy atom. The highest BCUT2D eigenvalue weighted by molar-refractivity contribution is 7.13. The van der Waals surface area contributed by atoms with Crippen LogP contribution < -0.4 is 15.2 Å². The average molecular weight is 421 g/mol. The molecule has 1 heterocycles. The second kappa shape index (κ2) is 9.41. The highest BCUT2D eigenvalue weighted by atomic mass is 32.1. The van der Waals surface area contributed by atoms with Gasteiger partial charge in [-0.25, -0.2) is 9.78 Å². The molecule has 0 saturated heterocycles. The number of oxime groups is 1. The van der Waals surface area contributed by atoms with Gasteiger partial charge in [-0.2, -0.15) is 0 Å². The van der Waals surface area contributed by atoms with Crippen LogP contribution in [-0.4, -0.2) is 40.0 Å². The maximum Gasteiger partial charge on any atom is 0.352 e. The number of rotatable bonds is 8. The van der Waals surface area contributed by atoms with Gasteiger partial charge in [-0.05, 0) is 12.1 Å². The third kappa shape index (κ3) is 5.84. The van der Waals surface area contributed by atoms with E-state index < -0.39 is 24.0 Å². The molecule has 0 fully saturated rings. The number of nitrogens with two attached hydrogens (primary N) is 1. The quantitative estimate of drug-likeness (QED) is 0.208. The SMILES string of the molecule is CC(=O)Oc1ccc(C(O/N=C(/C=O)c2csc(N)n2)C(=O)O)cc1OC(C)=O. The van der Waals surface area contributed by atoms with Crippen LogP contribution in [0.15, 0.2) is 28.7 Å². The van der Waals surface area contributed by atoms with Crippen molar-refractivity contribution in [2.24, 2.45) is 5.16 Å². The Morgan fingerprint density at radius 1 is 1.21 bits per heavy atom. The highest BCUT2D eigenvalue weighted by Crippen LogP contribution is 2.32. The lowest BCUT2D eigenvalue weighted by Gasteiger charge is -2.14. The largest absolute Gasteiger partial charge is 0.478 e. The Hall–Kier alpha value is -3.80. The summed E-state index contributed by atoms with van der Waals surface area (Å²) in [5.74, 6) is -3.10. The minimum atomic E-state index is -1.67. The van der Waals surface area contributed by atoms with Gasteiger partial charge in [0.15, 0.2) is 28.6 Å². The number of hydrogen-bond donors (Lipinski definition) is 2. The number of anilines is 1. The van der Waals surface area contributed by atoms with Gasteiger partial charge in [0.05, 0.1) is 0 Å². The number of esters is 2. The zero-order chi connectivity index (χ0) is 21.6. The van der Waals surface area contributed by atoms with E-state index in [2.05, 4.69) is 10.1 Å². The number of aromatic nitrogens is 1. The molecule has 1 aromatic heterocycles. The number of carboxylic acid groups (broad SMARTS) is 1. The summed E-state index contributed by atoms with van der Waals surface area (Å²) < 4.78 is 9.88. The van der Waals surface area contributed by atoms with E-state index in [4.69, 9.17) is 20.0 Å². The molecule has 0 aliphatic carbocycles. The molecule has 0 aliphatic heterocycles. The molecule has 3 N–H and O–H groups in total. The van der Waals surface area contributed by atoms with Crippen LogP contribution in [0, 0.1) is 0 Å². The van der Waals surface area contributed by atoms with E-state index in [1.54, 1.807) is 0 Å². The molecule has 11 nitrogen and oxygen atoms in total. The minimum absolute atomic E-state index is 0.0106. The molecule has 1 atom stereocenters. The van der Waals surface area contributed by atoms with E-state index in [1.807, 2.05) is 0 Å². The minimum Gasteiger partial charge on any atom is -0.478 e. The smallest absolute Gasteiger partial charge is 0.352 e. The first-order valence-electron chi connectivity index (χ1n) is 7.85. The maximum atomic E-state index is 11.6. The van der Waals surface area contributed by atoms with Gasteiger partial charge < -0.3 is 25.2 Å². The Morgan fingerprint density at radius 3 is 2.38 bits per heavy atom. The molecule has 0 amide bonds. The first-order valence-corrected chi connectivity index (χ1v) is 8.73. The number of carbonyl (C=O) groups is 4. The van der Waals surface area contributed by atoms with E-state index >= 15 is 0 Å². The van der Waals surface area contributed by atoms with Crippen LogP contribution in [0.4, 0.5) is 5.13 Å². The number of nitrogen functional groups attached to an aromatic ring is 1. The summed E-state index contributed by atoms with van der Waals surface area (Å²) in [4.78, 5) is 54.2. The number of aldehydes is 1. The van der Waals surface area contributed by atoms with Crippen LogP contribution in [-0.2, 0) is 24.0 Å². The Bertz CT molecular complexity index is 985. The summed E-state index contributed by atoms with van der Waals surface area (Å²) in [6, 6.07) is 3.66. The van der Waals surface area contributed by atoms with Gasteiger partial charge in [0.1, 0.15) is 5.69 Å². The number of thiazole rings is 1. The van der Waals surface area contributed by atoms with Gasteiger partial charge in [0, 0.05) is 24.8 Å². The second-order valence-electron chi connectivity index (χ2n) is 5.38. The first kappa shape index (κ1) is 21.5. The summed E-state index contributed by atoms with van der Waals surface area (Å²) in [5.41, 5.74) is 5.37. The Labute approximate surface area is 167 Å². The molecule has 0 aliphatic rings. The van der Waals surface area contributed by atoms with Crippen molar-refractivity contribution in [2.45, 2.75) is 20.0 Å². The molecule has 0 spiro atoms. The maximum absolute atomic E-state index is 11.6. The standard InChI is InChI=1S/C17H15N3O8S/c1-8(22)26-13-4-3-10(5-14(13)27-9(2)23)15(16(24)25)28-20-11(6-21)12-7-29-17(18)19-12/h3-7,15H,1-2H3,(H2,18,19)(H,24,25)/b20-11-. The molecule has 1 aromatic carbocycles.